The first-order valence-electron chi connectivity index (χ1n) is 8.11. The van der Waals surface area contributed by atoms with Crippen LogP contribution in [-0.2, 0) is 0 Å². The molecule has 25 heavy (non-hydrogen) atoms. The number of hydrogen-bond donors (Lipinski definition) is 4. The fourth-order valence-corrected chi connectivity index (χ4v) is 3.65. The molecule has 8 heteroatoms. The van der Waals surface area contributed by atoms with Gasteiger partial charge in [0.1, 0.15) is 5.03 Å². The summed E-state index contributed by atoms with van der Waals surface area (Å²) in [6.45, 7) is 2.14. The lowest BCUT2D eigenvalue weighted by Crippen LogP contribution is -2.26. The van der Waals surface area contributed by atoms with Crippen molar-refractivity contribution in [2.24, 2.45) is 21.3 Å². The van der Waals surface area contributed by atoms with E-state index in [9.17, 15) is 0 Å². The van der Waals surface area contributed by atoms with Crippen LogP contribution in [0.15, 0.2) is 51.9 Å². The molecule has 1 fully saturated rings. The lowest BCUT2D eigenvalue weighted by molar-refractivity contribution is 0.460. The number of nitrogens with one attached hydrogen (secondary N) is 2. The summed E-state index contributed by atoms with van der Waals surface area (Å²) in [5, 5.41) is 24.6. The number of nitrogens with two attached hydrogens (primary N) is 2. The molecule has 0 atom stereocenters. The first-order chi connectivity index (χ1) is 12.2. The van der Waals surface area contributed by atoms with E-state index >= 15 is 0 Å². The van der Waals surface area contributed by atoms with E-state index in [0.717, 1.165) is 49.0 Å². The highest BCUT2D eigenvalue weighted by Crippen LogP contribution is 2.32. The van der Waals surface area contributed by atoms with Crippen molar-refractivity contribution in [2.45, 2.75) is 23.8 Å². The van der Waals surface area contributed by atoms with Crippen LogP contribution in [0.5, 0.6) is 0 Å². The monoisotopic (exact) mass is 355 g/mol. The Balaban J connectivity index is 1.97. The number of benzene rings is 1. The quantitative estimate of drug-likeness (QED) is 0.168. The number of aromatic nitrogens is 1. The van der Waals surface area contributed by atoms with Gasteiger partial charge in [-0.2, -0.15) is 0 Å². The smallest absolute Gasteiger partial charge is 0.179 e. The van der Waals surface area contributed by atoms with Crippen molar-refractivity contribution < 1.29 is 0 Å². The van der Waals surface area contributed by atoms with Crippen molar-refractivity contribution in [3.05, 3.63) is 47.7 Å². The van der Waals surface area contributed by atoms with Crippen molar-refractivity contribution in [1.29, 1.82) is 5.41 Å². The van der Waals surface area contributed by atoms with E-state index in [4.69, 9.17) is 16.4 Å². The van der Waals surface area contributed by atoms with Gasteiger partial charge in [-0.25, -0.2) is 4.98 Å². The molecule has 1 aromatic carbocycles. The molecule has 0 spiro atoms. The number of hydrogen-bond acceptors (Lipinski definition) is 6. The predicted octanol–water partition coefficient (Wildman–Crippen LogP) is 2.83. The minimum Gasteiger partial charge on any atom is -0.317 e. The maximum atomic E-state index is 8.11. The molecule has 0 radical (unpaired) electrons. The van der Waals surface area contributed by atoms with E-state index in [1.54, 1.807) is 6.20 Å². The van der Waals surface area contributed by atoms with Gasteiger partial charge in [-0.05, 0) is 66.6 Å². The summed E-state index contributed by atoms with van der Waals surface area (Å²) in [7, 11) is 0. The highest BCUT2D eigenvalue weighted by atomic mass is 32.2. The van der Waals surface area contributed by atoms with Gasteiger partial charge in [0.15, 0.2) is 5.84 Å². The van der Waals surface area contributed by atoms with Crippen LogP contribution in [0.4, 0.5) is 0 Å². The van der Waals surface area contributed by atoms with Crippen LogP contribution in [-0.4, -0.2) is 23.9 Å². The summed E-state index contributed by atoms with van der Waals surface area (Å²) < 4.78 is 0. The number of nitrogens with zero attached hydrogens (tertiary/aromatic N) is 3. The Kier molecular flexibility index (Phi) is 5.75. The van der Waals surface area contributed by atoms with Crippen molar-refractivity contribution in [3.8, 4) is 11.1 Å². The third kappa shape index (κ3) is 3.87. The van der Waals surface area contributed by atoms with Gasteiger partial charge in [0.05, 0.1) is 5.56 Å². The summed E-state index contributed by atoms with van der Waals surface area (Å²) >= 11 is 0.983. The van der Waals surface area contributed by atoms with Crippen LogP contribution in [0.3, 0.4) is 0 Å². The van der Waals surface area contributed by atoms with Crippen LogP contribution >= 0.6 is 11.9 Å². The Hall–Kier alpha value is -2.29. The van der Waals surface area contributed by atoms with E-state index in [1.165, 1.54) is 5.56 Å². The molecule has 0 aliphatic carbocycles. The molecule has 2 heterocycles. The zero-order valence-corrected chi connectivity index (χ0v) is 14.6. The van der Waals surface area contributed by atoms with Crippen LogP contribution in [0.2, 0.25) is 0 Å². The molecule has 6 N–H and O–H groups in total. The molecular formula is C17H21N7S. The average molecular weight is 355 g/mol. The topological polar surface area (TPSA) is 126 Å². The number of rotatable bonds is 4. The summed E-state index contributed by atoms with van der Waals surface area (Å²) in [6.07, 6.45) is 4.01. The highest BCUT2D eigenvalue weighted by molar-refractivity contribution is 7.97. The van der Waals surface area contributed by atoms with E-state index in [2.05, 4.69) is 44.9 Å². The van der Waals surface area contributed by atoms with Gasteiger partial charge in [0.2, 0.25) is 0 Å². The Morgan fingerprint density at radius 3 is 2.56 bits per heavy atom. The van der Waals surface area contributed by atoms with Gasteiger partial charge in [-0.1, -0.05) is 29.5 Å². The summed E-state index contributed by atoms with van der Waals surface area (Å²) in [5.41, 5.74) is 3.73. The Bertz CT molecular complexity index is 767. The van der Waals surface area contributed by atoms with Gasteiger partial charge in [-0.15, -0.1) is 5.11 Å². The van der Waals surface area contributed by atoms with Gasteiger partial charge >= 0.3 is 0 Å². The van der Waals surface area contributed by atoms with Gasteiger partial charge in [0, 0.05) is 6.20 Å². The minimum absolute atomic E-state index is 0.0546. The van der Waals surface area contributed by atoms with E-state index in [-0.39, 0.29) is 5.84 Å². The Labute approximate surface area is 150 Å². The fourth-order valence-electron chi connectivity index (χ4n) is 3.20. The third-order valence-corrected chi connectivity index (χ3v) is 4.99. The second kappa shape index (κ2) is 8.19. The zero-order valence-electron chi connectivity index (χ0n) is 13.8. The number of amidine groups is 1. The molecule has 1 saturated heterocycles. The molecule has 0 bridgehead atoms. The lowest BCUT2D eigenvalue weighted by atomic mass is 9.89. The molecule has 130 valence electrons. The highest BCUT2D eigenvalue weighted by Gasteiger charge is 2.18. The Morgan fingerprint density at radius 2 is 1.92 bits per heavy atom. The van der Waals surface area contributed by atoms with Crippen molar-refractivity contribution in [1.82, 2.24) is 10.3 Å². The average Bonchev–Trinajstić information content (AvgIpc) is 2.68. The second-order valence-electron chi connectivity index (χ2n) is 5.87. The van der Waals surface area contributed by atoms with E-state index < -0.39 is 0 Å². The van der Waals surface area contributed by atoms with Crippen LogP contribution < -0.4 is 16.3 Å². The summed E-state index contributed by atoms with van der Waals surface area (Å²) in [6, 6.07) is 10.3. The predicted molar refractivity (Wildman–Crippen MR) is 100 cm³/mol. The van der Waals surface area contributed by atoms with Gasteiger partial charge in [-0.3, -0.25) is 10.5 Å². The molecule has 0 saturated carbocycles. The molecular weight excluding hydrogens is 334 g/mol. The lowest BCUT2D eigenvalue weighted by Gasteiger charge is -2.23. The first-order valence-corrected chi connectivity index (χ1v) is 8.99. The Morgan fingerprint density at radius 1 is 1.20 bits per heavy atom. The van der Waals surface area contributed by atoms with Crippen LogP contribution in [0.25, 0.3) is 11.1 Å². The minimum atomic E-state index is -0.0546. The van der Waals surface area contributed by atoms with Crippen molar-refractivity contribution >= 4 is 17.8 Å². The van der Waals surface area contributed by atoms with Crippen LogP contribution in [0, 0.1) is 5.41 Å². The molecule has 1 aliphatic heterocycles. The fraction of sp³-hybridized carbons (Fsp3) is 0.294. The summed E-state index contributed by atoms with van der Waals surface area (Å²) in [5.74, 6) is 5.65. The van der Waals surface area contributed by atoms with Gasteiger partial charge in [0.25, 0.3) is 0 Å². The number of pyridine rings is 1. The SMILES string of the molecule is N=C(N=NN)c1c(-c2ccc(C3CCNCC3)cc2)ccnc1SN. The molecule has 0 amide bonds. The van der Waals surface area contributed by atoms with Gasteiger partial charge < -0.3 is 11.2 Å². The third-order valence-electron chi connectivity index (χ3n) is 4.45. The van der Waals surface area contributed by atoms with E-state index in [0.29, 0.717) is 16.5 Å². The molecule has 3 rings (SSSR count). The number of piperidine rings is 1. The maximum Gasteiger partial charge on any atom is 0.179 e. The standard InChI is InChI=1S/C17H21N7S/c18-16(23-24-19)15-14(7-10-22-17(15)25-20)13-3-1-11(2-4-13)12-5-8-21-9-6-12/h1-4,7,10,12,21H,5-6,8-9,20H2,(H3,18,19,23). The maximum absolute atomic E-state index is 8.11. The van der Waals surface area contributed by atoms with E-state index in [1.807, 2.05) is 6.07 Å². The zero-order chi connectivity index (χ0) is 17.6. The molecule has 1 aliphatic rings. The van der Waals surface area contributed by atoms with Crippen molar-refractivity contribution in [2.75, 3.05) is 13.1 Å². The second-order valence-corrected chi connectivity index (χ2v) is 6.49. The summed E-state index contributed by atoms with van der Waals surface area (Å²) in [4.78, 5) is 4.23. The van der Waals surface area contributed by atoms with Crippen molar-refractivity contribution in [3.63, 3.8) is 0 Å². The molecule has 1 aromatic heterocycles. The normalized spacial score (nSPS) is 15.6. The first kappa shape index (κ1) is 17.5. The van der Waals surface area contributed by atoms with Crippen LogP contribution in [0.1, 0.15) is 29.9 Å². The largest absolute Gasteiger partial charge is 0.317 e. The molecule has 2 aromatic rings. The molecule has 0 unspecified atom stereocenters. The molecule has 7 nitrogen and oxygen atoms in total.